The van der Waals surface area contributed by atoms with Crippen LogP contribution in [0.1, 0.15) is 43.4 Å². The molecule has 1 fully saturated rings. The van der Waals surface area contributed by atoms with E-state index in [-0.39, 0.29) is 0 Å². The highest BCUT2D eigenvalue weighted by Crippen LogP contribution is 2.36. The second kappa shape index (κ2) is 5.84. The van der Waals surface area contributed by atoms with Gasteiger partial charge >= 0.3 is 0 Å². The molecule has 2 aliphatic rings. The molecule has 0 radical (unpaired) electrons. The summed E-state index contributed by atoms with van der Waals surface area (Å²) in [5.41, 5.74) is 1.67. The highest BCUT2D eigenvalue weighted by Gasteiger charge is 2.33. The summed E-state index contributed by atoms with van der Waals surface area (Å²) in [4.78, 5) is 2.35. The summed E-state index contributed by atoms with van der Waals surface area (Å²) in [6.45, 7) is 2.54. The number of para-hydroxylation sites is 1. The summed E-state index contributed by atoms with van der Waals surface area (Å²) in [5, 5.41) is 12.0. The van der Waals surface area contributed by atoms with E-state index in [9.17, 15) is 5.11 Å². The number of aliphatic hydroxyl groups is 1. The fraction of sp³-hybridized carbons (Fsp3) is 0.579. The van der Waals surface area contributed by atoms with Crippen LogP contribution in [0.5, 0.6) is 5.75 Å². The van der Waals surface area contributed by atoms with Gasteiger partial charge in [0.05, 0.1) is 19.3 Å². The van der Waals surface area contributed by atoms with Crippen LogP contribution < -0.4 is 4.74 Å². The molecule has 0 amide bonds. The molecule has 1 saturated carbocycles. The van der Waals surface area contributed by atoms with Gasteiger partial charge in [0.15, 0.2) is 11.3 Å². The van der Waals surface area contributed by atoms with Gasteiger partial charge in [0.25, 0.3) is 0 Å². The lowest BCUT2D eigenvalue weighted by Gasteiger charge is -2.38. The van der Waals surface area contributed by atoms with E-state index in [0.717, 1.165) is 68.8 Å². The van der Waals surface area contributed by atoms with Gasteiger partial charge in [-0.25, -0.2) is 0 Å². The second-order valence-corrected chi connectivity index (χ2v) is 7.09. The van der Waals surface area contributed by atoms with Crippen molar-refractivity contribution in [2.24, 2.45) is 0 Å². The Balaban J connectivity index is 1.57. The minimum Gasteiger partial charge on any atom is -0.493 e. The Morgan fingerprint density at radius 2 is 2.09 bits per heavy atom. The van der Waals surface area contributed by atoms with Gasteiger partial charge in [-0.2, -0.15) is 0 Å². The summed E-state index contributed by atoms with van der Waals surface area (Å²) in [7, 11) is 1.68. The summed E-state index contributed by atoms with van der Waals surface area (Å²) >= 11 is 0. The zero-order chi connectivity index (χ0) is 15.9. The van der Waals surface area contributed by atoms with Gasteiger partial charge < -0.3 is 14.3 Å². The molecule has 2 heterocycles. The van der Waals surface area contributed by atoms with Crippen molar-refractivity contribution >= 4 is 11.0 Å². The van der Waals surface area contributed by atoms with Crippen molar-refractivity contribution in [3.8, 4) is 5.75 Å². The highest BCUT2D eigenvalue weighted by atomic mass is 16.5. The number of furan rings is 1. The van der Waals surface area contributed by atoms with Crippen LogP contribution in [0.4, 0.5) is 0 Å². The average molecular weight is 315 g/mol. The first-order chi connectivity index (χ1) is 11.2. The zero-order valence-corrected chi connectivity index (χ0v) is 13.8. The van der Waals surface area contributed by atoms with Crippen LogP contribution in [0.15, 0.2) is 22.6 Å². The SMILES string of the molecule is COc1cccc2c3c(oc12)CN(CC1(O)CCCCC1)CC3. The van der Waals surface area contributed by atoms with Crippen LogP contribution in [0, 0.1) is 0 Å². The van der Waals surface area contributed by atoms with E-state index in [1.54, 1.807) is 7.11 Å². The molecule has 4 nitrogen and oxygen atoms in total. The van der Waals surface area contributed by atoms with Gasteiger partial charge in [0.2, 0.25) is 0 Å². The molecule has 0 bridgehead atoms. The number of methoxy groups -OCH3 is 1. The minimum absolute atomic E-state index is 0.501. The molecule has 2 aromatic rings. The molecule has 4 rings (SSSR count). The van der Waals surface area contributed by atoms with Crippen molar-refractivity contribution in [1.82, 2.24) is 4.90 Å². The van der Waals surface area contributed by atoms with Crippen molar-refractivity contribution < 1.29 is 14.3 Å². The van der Waals surface area contributed by atoms with Gasteiger partial charge in [-0.3, -0.25) is 4.90 Å². The lowest BCUT2D eigenvalue weighted by atomic mass is 9.84. The standard InChI is InChI=1S/C19H25NO3/c1-22-16-7-5-6-15-14-8-11-20(12-17(14)23-18(15)16)13-19(21)9-3-2-4-10-19/h5-7,21H,2-4,8-13H2,1H3. The lowest BCUT2D eigenvalue weighted by molar-refractivity contribution is -0.0304. The van der Waals surface area contributed by atoms with Gasteiger partial charge in [-0.15, -0.1) is 0 Å². The van der Waals surface area contributed by atoms with E-state index in [1.807, 2.05) is 12.1 Å². The molecule has 1 N–H and O–H groups in total. The van der Waals surface area contributed by atoms with Gasteiger partial charge in [0.1, 0.15) is 5.76 Å². The first-order valence-electron chi connectivity index (χ1n) is 8.70. The molecule has 124 valence electrons. The smallest absolute Gasteiger partial charge is 0.176 e. The molecule has 0 spiro atoms. The maximum atomic E-state index is 10.8. The molecule has 23 heavy (non-hydrogen) atoms. The van der Waals surface area contributed by atoms with E-state index in [2.05, 4.69) is 11.0 Å². The highest BCUT2D eigenvalue weighted by molar-refractivity contribution is 5.87. The molecule has 1 aliphatic carbocycles. The zero-order valence-electron chi connectivity index (χ0n) is 13.8. The Labute approximate surface area is 137 Å². The first-order valence-corrected chi connectivity index (χ1v) is 8.70. The summed E-state index contributed by atoms with van der Waals surface area (Å²) in [5.74, 6) is 1.84. The normalized spacial score (nSPS) is 21.3. The number of hydrogen-bond donors (Lipinski definition) is 1. The Bertz CT molecular complexity index is 700. The number of fused-ring (bicyclic) bond motifs is 3. The largest absolute Gasteiger partial charge is 0.493 e. The van der Waals surface area contributed by atoms with E-state index in [4.69, 9.17) is 9.15 Å². The fourth-order valence-corrected chi connectivity index (χ4v) is 4.23. The van der Waals surface area contributed by atoms with Gasteiger partial charge in [-0.1, -0.05) is 31.4 Å². The van der Waals surface area contributed by atoms with Gasteiger partial charge in [0, 0.05) is 24.0 Å². The van der Waals surface area contributed by atoms with Crippen LogP contribution in [-0.4, -0.2) is 35.8 Å². The van der Waals surface area contributed by atoms with Crippen molar-refractivity contribution in [2.75, 3.05) is 20.2 Å². The predicted molar refractivity (Wildman–Crippen MR) is 89.8 cm³/mol. The number of rotatable bonds is 3. The molecule has 0 atom stereocenters. The Hall–Kier alpha value is -1.52. The fourth-order valence-electron chi connectivity index (χ4n) is 4.23. The number of ether oxygens (including phenoxy) is 1. The summed E-state index contributed by atoms with van der Waals surface area (Å²) < 4.78 is 11.5. The predicted octanol–water partition coefficient (Wildman–Crippen LogP) is 3.49. The van der Waals surface area contributed by atoms with Crippen molar-refractivity contribution in [3.05, 3.63) is 29.5 Å². The Morgan fingerprint density at radius 1 is 1.26 bits per heavy atom. The van der Waals surface area contributed by atoms with Crippen LogP contribution in [0.25, 0.3) is 11.0 Å². The van der Waals surface area contributed by atoms with E-state index < -0.39 is 5.60 Å². The van der Waals surface area contributed by atoms with Crippen LogP contribution >= 0.6 is 0 Å². The quantitative estimate of drug-likeness (QED) is 0.942. The Kier molecular flexibility index (Phi) is 3.82. The number of benzene rings is 1. The third-order valence-corrected chi connectivity index (χ3v) is 5.43. The monoisotopic (exact) mass is 315 g/mol. The number of hydrogen-bond acceptors (Lipinski definition) is 4. The average Bonchev–Trinajstić information content (AvgIpc) is 2.92. The molecule has 1 aromatic carbocycles. The molecule has 0 saturated heterocycles. The molecule has 4 heteroatoms. The van der Waals surface area contributed by atoms with E-state index >= 15 is 0 Å². The lowest BCUT2D eigenvalue weighted by Crippen LogP contribution is -2.45. The third-order valence-electron chi connectivity index (χ3n) is 5.43. The summed E-state index contributed by atoms with van der Waals surface area (Å²) in [6.07, 6.45) is 6.41. The first kappa shape index (κ1) is 15.0. The van der Waals surface area contributed by atoms with Crippen molar-refractivity contribution in [3.63, 3.8) is 0 Å². The van der Waals surface area contributed by atoms with Crippen LogP contribution in [-0.2, 0) is 13.0 Å². The molecule has 1 aromatic heterocycles. The molecular weight excluding hydrogens is 290 g/mol. The molecule has 0 unspecified atom stereocenters. The third kappa shape index (κ3) is 2.74. The molecule has 1 aliphatic heterocycles. The maximum absolute atomic E-state index is 10.8. The van der Waals surface area contributed by atoms with Crippen molar-refractivity contribution in [2.45, 2.75) is 50.7 Å². The topological polar surface area (TPSA) is 45.8 Å². The number of nitrogens with zero attached hydrogens (tertiary/aromatic N) is 1. The van der Waals surface area contributed by atoms with Crippen molar-refractivity contribution in [1.29, 1.82) is 0 Å². The maximum Gasteiger partial charge on any atom is 0.176 e. The van der Waals surface area contributed by atoms with Crippen LogP contribution in [0.3, 0.4) is 0 Å². The van der Waals surface area contributed by atoms with Gasteiger partial charge in [-0.05, 0) is 25.3 Å². The minimum atomic E-state index is -0.501. The van der Waals surface area contributed by atoms with E-state index in [0.29, 0.717) is 0 Å². The van der Waals surface area contributed by atoms with Crippen LogP contribution in [0.2, 0.25) is 0 Å². The molecular formula is C19H25NO3. The number of β-amino-alcohol motifs (C(OH)–C–C–N with tert-alkyl or cyclic N) is 1. The van der Waals surface area contributed by atoms with E-state index in [1.165, 1.54) is 17.4 Å². The second-order valence-electron chi connectivity index (χ2n) is 7.09. The Morgan fingerprint density at radius 3 is 2.87 bits per heavy atom. The summed E-state index contributed by atoms with van der Waals surface area (Å²) in [6, 6.07) is 6.08.